The first-order valence-corrected chi connectivity index (χ1v) is 7.17. The molecule has 4 nitrogen and oxygen atoms in total. The van der Waals surface area contributed by atoms with Crippen molar-refractivity contribution < 1.29 is 9.53 Å². The number of ether oxygens (including phenoxy) is 1. The molecule has 18 heavy (non-hydrogen) atoms. The third-order valence-corrected chi connectivity index (χ3v) is 3.61. The van der Waals surface area contributed by atoms with Crippen LogP contribution in [0.2, 0.25) is 0 Å². The second kappa shape index (κ2) is 5.47. The van der Waals surface area contributed by atoms with Crippen LogP contribution >= 0.6 is 0 Å². The van der Waals surface area contributed by atoms with Gasteiger partial charge in [0.05, 0.1) is 0 Å². The van der Waals surface area contributed by atoms with Gasteiger partial charge in [0.1, 0.15) is 5.60 Å². The van der Waals surface area contributed by atoms with Gasteiger partial charge in [0.25, 0.3) is 0 Å². The van der Waals surface area contributed by atoms with Crippen LogP contribution in [-0.4, -0.2) is 30.3 Å². The van der Waals surface area contributed by atoms with Crippen LogP contribution < -0.4 is 10.6 Å². The molecule has 0 heterocycles. The van der Waals surface area contributed by atoms with Gasteiger partial charge >= 0.3 is 6.09 Å². The molecule has 2 aliphatic rings. The summed E-state index contributed by atoms with van der Waals surface area (Å²) in [4.78, 5) is 11.6. The van der Waals surface area contributed by atoms with E-state index in [9.17, 15) is 4.79 Å². The largest absolute Gasteiger partial charge is 0.444 e. The van der Waals surface area contributed by atoms with Gasteiger partial charge in [-0.05, 0) is 52.4 Å². The number of rotatable bonds is 5. The molecular weight excluding hydrogens is 228 g/mol. The van der Waals surface area contributed by atoms with Crippen LogP contribution in [0.5, 0.6) is 0 Å². The molecule has 2 fully saturated rings. The van der Waals surface area contributed by atoms with E-state index in [0.29, 0.717) is 18.6 Å². The summed E-state index contributed by atoms with van der Waals surface area (Å²) in [6.45, 7) is 6.35. The van der Waals surface area contributed by atoms with Crippen molar-refractivity contribution in [2.45, 2.75) is 70.6 Å². The van der Waals surface area contributed by atoms with Gasteiger partial charge in [0.15, 0.2) is 0 Å². The molecule has 0 saturated heterocycles. The fraction of sp³-hybridized carbons (Fsp3) is 0.929. The molecule has 104 valence electrons. The van der Waals surface area contributed by atoms with Crippen LogP contribution in [0.1, 0.15) is 52.9 Å². The van der Waals surface area contributed by atoms with Gasteiger partial charge in [-0.25, -0.2) is 4.79 Å². The van der Waals surface area contributed by atoms with Crippen molar-refractivity contribution >= 4 is 6.09 Å². The highest BCUT2D eigenvalue weighted by Gasteiger charge is 2.34. The topological polar surface area (TPSA) is 50.4 Å². The number of amides is 1. The first-order valence-electron chi connectivity index (χ1n) is 7.17. The van der Waals surface area contributed by atoms with Crippen LogP contribution in [0.3, 0.4) is 0 Å². The molecule has 1 atom stereocenters. The Hall–Kier alpha value is -0.770. The standard InChI is InChI=1S/C14H26N2O2/c1-14(2,3)18-13(17)15-9-12(10-7-8-10)16-11-5-4-6-11/h10-12,16H,4-9H2,1-3H3,(H,15,17). The molecule has 2 rings (SSSR count). The Morgan fingerprint density at radius 1 is 1.28 bits per heavy atom. The SMILES string of the molecule is CC(C)(C)OC(=O)NCC(NC1CCC1)C1CC1. The van der Waals surface area contributed by atoms with Gasteiger partial charge in [-0.15, -0.1) is 0 Å². The van der Waals surface area contributed by atoms with E-state index in [1.165, 1.54) is 32.1 Å². The molecule has 0 aromatic carbocycles. The van der Waals surface area contributed by atoms with Crippen molar-refractivity contribution in [3.63, 3.8) is 0 Å². The Labute approximate surface area is 110 Å². The summed E-state index contributed by atoms with van der Waals surface area (Å²) in [7, 11) is 0. The number of alkyl carbamates (subject to hydrolysis) is 1. The molecule has 0 aliphatic heterocycles. The van der Waals surface area contributed by atoms with Gasteiger partial charge in [0, 0.05) is 18.6 Å². The lowest BCUT2D eigenvalue weighted by Crippen LogP contribution is -2.49. The quantitative estimate of drug-likeness (QED) is 0.792. The van der Waals surface area contributed by atoms with Gasteiger partial charge < -0.3 is 15.4 Å². The first-order chi connectivity index (χ1) is 8.44. The second-order valence-electron chi connectivity index (χ2n) is 6.62. The highest BCUT2D eigenvalue weighted by molar-refractivity contribution is 5.67. The molecule has 2 saturated carbocycles. The van der Waals surface area contributed by atoms with E-state index < -0.39 is 5.60 Å². The summed E-state index contributed by atoms with van der Waals surface area (Å²) in [5, 5.41) is 6.55. The lowest BCUT2D eigenvalue weighted by atomic mass is 9.92. The maximum Gasteiger partial charge on any atom is 0.407 e. The average Bonchev–Trinajstić information content (AvgIpc) is 2.95. The van der Waals surface area contributed by atoms with Gasteiger partial charge in [0.2, 0.25) is 0 Å². The molecule has 0 aromatic rings. The minimum atomic E-state index is -0.416. The van der Waals surface area contributed by atoms with Crippen molar-refractivity contribution in [2.24, 2.45) is 5.92 Å². The Morgan fingerprint density at radius 3 is 2.39 bits per heavy atom. The summed E-state index contributed by atoms with van der Waals surface area (Å²) < 4.78 is 5.26. The van der Waals surface area contributed by atoms with Crippen LogP contribution in [0.4, 0.5) is 4.79 Å². The molecule has 1 unspecified atom stereocenters. The number of nitrogens with one attached hydrogen (secondary N) is 2. The van der Waals surface area contributed by atoms with Crippen LogP contribution in [0, 0.1) is 5.92 Å². The smallest absolute Gasteiger partial charge is 0.407 e. The maximum absolute atomic E-state index is 11.6. The normalized spacial score (nSPS) is 22.2. The van der Waals surface area contributed by atoms with E-state index in [-0.39, 0.29) is 6.09 Å². The molecule has 0 bridgehead atoms. The van der Waals surface area contributed by atoms with E-state index in [1.54, 1.807) is 0 Å². The number of carbonyl (C=O) groups is 1. The zero-order chi connectivity index (χ0) is 13.2. The molecule has 0 radical (unpaired) electrons. The molecule has 2 N–H and O–H groups in total. The predicted molar refractivity (Wildman–Crippen MR) is 71.5 cm³/mol. The Kier molecular flexibility index (Phi) is 4.15. The van der Waals surface area contributed by atoms with E-state index in [4.69, 9.17) is 4.74 Å². The van der Waals surface area contributed by atoms with Crippen LogP contribution in [0.25, 0.3) is 0 Å². The van der Waals surface area contributed by atoms with Gasteiger partial charge in [-0.3, -0.25) is 0 Å². The van der Waals surface area contributed by atoms with Crippen molar-refractivity contribution in [2.75, 3.05) is 6.54 Å². The minimum absolute atomic E-state index is 0.302. The van der Waals surface area contributed by atoms with Crippen LogP contribution in [-0.2, 0) is 4.74 Å². The predicted octanol–water partition coefficient (Wildman–Crippen LogP) is 2.43. The maximum atomic E-state index is 11.6. The summed E-state index contributed by atoms with van der Waals surface area (Å²) in [6, 6.07) is 1.11. The van der Waals surface area contributed by atoms with Gasteiger partial charge in [-0.2, -0.15) is 0 Å². The Balaban J connectivity index is 1.70. The molecular formula is C14H26N2O2. The van der Waals surface area contributed by atoms with E-state index in [0.717, 1.165) is 5.92 Å². The number of carbonyl (C=O) groups excluding carboxylic acids is 1. The van der Waals surface area contributed by atoms with E-state index >= 15 is 0 Å². The van der Waals surface area contributed by atoms with Crippen molar-refractivity contribution in [1.29, 1.82) is 0 Å². The monoisotopic (exact) mass is 254 g/mol. The lowest BCUT2D eigenvalue weighted by molar-refractivity contribution is 0.0519. The minimum Gasteiger partial charge on any atom is -0.444 e. The summed E-state index contributed by atoms with van der Waals surface area (Å²) >= 11 is 0. The van der Waals surface area contributed by atoms with Crippen molar-refractivity contribution in [3.8, 4) is 0 Å². The molecule has 4 heteroatoms. The highest BCUT2D eigenvalue weighted by Crippen LogP contribution is 2.33. The van der Waals surface area contributed by atoms with E-state index in [1.807, 2.05) is 20.8 Å². The second-order valence-corrected chi connectivity index (χ2v) is 6.62. The summed E-state index contributed by atoms with van der Waals surface area (Å²) in [5.74, 6) is 0.750. The van der Waals surface area contributed by atoms with Crippen molar-refractivity contribution in [3.05, 3.63) is 0 Å². The summed E-state index contributed by atoms with van der Waals surface area (Å²) in [5.41, 5.74) is -0.416. The fourth-order valence-corrected chi connectivity index (χ4v) is 2.25. The molecule has 0 aromatic heterocycles. The van der Waals surface area contributed by atoms with Crippen molar-refractivity contribution in [1.82, 2.24) is 10.6 Å². The zero-order valence-corrected chi connectivity index (χ0v) is 11.8. The first kappa shape index (κ1) is 13.7. The Bertz CT molecular complexity index is 291. The molecule has 1 amide bonds. The molecule has 0 spiro atoms. The number of hydrogen-bond donors (Lipinski definition) is 2. The Morgan fingerprint density at radius 2 is 1.94 bits per heavy atom. The third-order valence-electron chi connectivity index (χ3n) is 3.61. The van der Waals surface area contributed by atoms with Gasteiger partial charge in [-0.1, -0.05) is 6.42 Å². The summed E-state index contributed by atoms with van der Waals surface area (Å²) in [6.07, 6.45) is 6.20. The highest BCUT2D eigenvalue weighted by atomic mass is 16.6. The number of hydrogen-bond acceptors (Lipinski definition) is 3. The average molecular weight is 254 g/mol. The zero-order valence-electron chi connectivity index (χ0n) is 11.8. The molecule has 2 aliphatic carbocycles. The fourth-order valence-electron chi connectivity index (χ4n) is 2.25. The van der Waals surface area contributed by atoms with Crippen LogP contribution in [0.15, 0.2) is 0 Å². The third kappa shape index (κ3) is 4.48. The lowest BCUT2D eigenvalue weighted by Gasteiger charge is -2.32. The van der Waals surface area contributed by atoms with E-state index in [2.05, 4.69) is 10.6 Å².